The van der Waals surface area contributed by atoms with Crippen LogP contribution in [0.4, 0.5) is 36.8 Å². The van der Waals surface area contributed by atoms with Gasteiger partial charge in [0.05, 0.1) is 17.7 Å². The zero-order chi connectivity index (χ0) is 21.7. The number of rotatable bonds is 6. The number of carbonyl (C=O) groups excluding carboxylic acids is 1. The number of benzene rings is 2. The number of carbonyl (C=O) groups is 1. The minimum Gasteiger partial charge on any atom is -0.494 e. The molecule has 0 saturated heterocycles. The molecule has 2 N–H and O–H groups in total. The summed E-state index contributed by atoms with van der Waals surface area (Å²) in [6.07, 6.45) is -10.0. The molecule has 0 radical (unpaired) electrons. The Morgan fingerprint density at radius 1 is 0.862 bits per heavy atom. The van der Waals surface area contributed by atoms with E-state index in [4.69, 9.17) is 9.47 Å². The Labute approximate surface area is 161 Å². The lowest BCUT2D eigenvalue weighted by molar-refractivity contribution is -0.143. The number of anilines is 1. The van der Waals surface area contributed by atoms with E-state index < -0.39 is 35.2 Å². The van der Waals surface area contributed by atoms with Gasteiger partial charge in [-0.1, -0.05) is 0 Å². The van der Waals surface area contributed by atoms with Gasteiger partial charge in [0.15, 0.2) is 6.73 Å². The third-order valence-electron chi connectivity index (χ3n) is 3.45. The molecular weight excluding hydrogens is 406 g/mol. The molecule has 158 valence electrons. The normalized spacial score (nSPS) is 11.7. The minimum atomic E-state index is -5.01. The molecule has 0 atom stereocenters. The van der Waals surface area contributed by atoms with Crippen LogP contribution < -0.4 is 20.1 Å². The fraction of sp³-hybridized carbons (Fsp3) is 0.278. The van der Waals surface area contributed by atoms with Crippen LogP contribution in [0.3, 0.4) is 0 Å². The number of alkyl halides is 6. The second-order valence-corrected chi connectivity index (χ2v) is 5.62. The fourth-order valence-corrected chi connectivity index (χ4v) is 2.19. The van der Waals surface area contributed by atoms with E-state index in [0.717, 1.165) is 0 Å². The van der Waals surface area contributed by atoms with Crippen molar-refractivity contribution in [2.24, 2.45) is 0 Å². The number of halogens is 6. The second-order valence-electron chi connectivity index (χ2n) is 5.62. The summed E-state index contributed by atoms with van der Waals surface area (Å²) < 4.78 is 87.4. The van der Waals surface area contributed by atoms with Crippen LogP contribution in [0.5, 0.6) is 11.5 Å². The molecule has 0 spiro atoms. The van der Waals surface area contributed by atoms with Crippen molar-refractivity contribution in [1.29, 1.82) is 0 Å². The summed E-state index contributed by atoms with van der Waals surface area (Å²) in [5.41, 5.74) is -3.73. The average Bonchev–Trinajstić information content (AvgIpc) is 2.61. The van der Waals surface area contributed by atoms with Gasteiger partial charge >= 0.3 is 18.4 Å². The van der Waals surface area contributed by atoms with Crippen LogP contribution in [0.25, 0.3) is 0 Å². The quantitative estimate of drug-likeness (QED) is 0.492. The van der Waals surface area contributed by atoms with Gasteiger partial charge in [0.1, 0.15) is 11.5 Å². The molecule has 0 fully saturated rings. The first-order chi connectivity index (χ1) is 13.5. The highest BCUT2D eigenvalue weighted by molar-refractivity contribution is 5.89. The number of ether oxygens (including phenoxy) is 2. The van der Waals surface area contributed by atoms with Gasteiger partial charge in [-0.05, 0) is 49.4 Å². The first-order valence-electron chi connectivity index (χ1n) is 8.19. The van der Waals surface area contributed by atoms with Gasteiger partial charge in [0, 0.05) is 5.69 Å². The lowest BCUT2D eigenvalue weighted by Crippen LogP contribution is -2.32. The smallest absolute Gasteiger partial charge is 0.416 e. The Hall–Kier alpha value is -3.11. The van der Waals surface area contributed by atoms with Gasteiger partial charge in [-0.3, -0.25) is 0 Å². The molecule has 0 saturated carbocycles. The van der Waals surface area contributed by atoms with Crippen molar-refractivity contribution in [3.8, 4) is 11.5 Å². The van der Waals surface area contributed by atoms with E-state index >= 15 is 0 Å². The molecule has 11 heteroatoms. The topological polar surface area (TPSA) is 59.6 Å². The monoisotopic (exact) mass is 422 g/mol. The van der Waals surface area contributed by atoms with Crippen LogP contribution >= 0.6 is 0 Å². The molecule has 0 aliphatic heterocycles. The molecule has 2 amide bonds. The van der Waals surface area contributed by atoms with Crippen LogP contribution in [0.15, 0.2) is 42.5 Å². The van der Waals surface area contributed by atoms with Crippen molar-refractivity contribution >= 4 is 11.7 Å². The molecule has 2 aromatic rings. The van der Waals surface area contributed by atoms with E-state index in [1.165, 1.54) is 0 Å². The summed E-state index contributed by atoms with van der Waals surface area (Å²) >= 11 is 0. The van der Waals surface area contributed by atoms with E-state index in [-0.39, 0.29) is 12.8 Å². The Morgan fingerprint density at radius 2 is 1.34 bits per heavy atom. The third kappa shape index (κ3) is 6.77. The molecule has 0 unspecified atom stereocenters. The molecule has 5 nitrogen and oxygen atoms in total. The molecule has 0 aliphatic carbocycles. The lowest BCUT2D eigenvalue weighted by atomic mass is 10.1. The van der Waals surface area contributed by atoms with E-state index in [2.05, 4.69) is 5.32 Å². The highest BCUT2D eigenvalue weighted by Crippen LogP contribution is 2.37. The van der Waals surface area contributed by atoms with Crippen molar-refractivity contribution in [3.63, 3.8) is 0 Å². The maximum absolute atomic E-state index is 12.8. The van der Waals surface area contributed by atoms with Gasteiger partial charge in [-0.15, -0.1) is 0 Å². The zero-order valence-electron chi connectivity index (χ0n) is 14.9. The maximum Gasteiger partial charge on any atom is 0.416 e. The van der Waals surface area contributed by atoms with Crippen molar-refractivity contribution in [2.75, 3.05) is 18.7 Å². The minimum absolute atomic E-state index is 0.0297. The molecule has 0 bridgehead atoms. The largest absolute Gasteiger partial charge is 0.494 e. The Kier molecular flexibility index (Phi) is 6.83. The fourth-order valence-electron chi connectivity index (χ4n) is 2.19. The first-order valence-corrected chi connectivity index (χ1v) is 8.19. The highest BCUT2D eigenvalue weighted by Gasteiger charge is 2.37. The predicted octanol–water partition coefficient (Wildman–Crippen LogP) is 5.28. The Morgan fingerprint density at radius 3 is 1.79 bits per heavy atom. The van der Waals surface area contributed by atoms with Crippen molar-refractivity contribution in [1.82, 2.24) is 5.32 Å². The summed E-state index contributed by atoms with van der Waals surface area (Å²) in [7, 11) is 0. The maximum atomic E-state index is 12.8. The number of nitrogens with one attached hydrogen (secondary N) is 2. The van der Waals surface area contributed by atoms with Crippen LogP contribution in [0, 0.1) is 0 Å². The summed E-state index contributed by atoms with van der Waals surface area (Å²) in [6, 6.07) is 6.12. The third-order valence-corrected chi connectivity index (χ3v) is 3.45. The number of hydrogen-bond acceptors (Lipinski definition) is 3. The van der Waals surface area contributed by atoms with Crippen LogP contribution in [0.1, 0.15) is 18.1 Å². The predicted molar refractivity (Wildman–Crippen MR) is 91.7 cm³/mol. The first kappa shape index (κ1) is 22.2. The number of amides is 2. The SMILES string of the molecule is CCOc1ccc(OCNC(=O)Nc2cc(C(F)(F)F)cc(C(F)(F)F)c2)cc1. The van der Waals surface area contributed by atoms with E-state index in [1.807, 2.05) is 12.2 Å². The standard InChI is InChI=1S/C18H16F6N2O3/c1-2-28-14-3-5-15(6-4-14)29-10-25-16(27)26-13-8-11(17(19,20)21)7-12(9-13)18(22,23)24/h3-9H,2,10H2,1H3,(H2,25,26,27). The van der Waals surface area contributed by atoms with Gasteiger partial charge in [-0.25, -0.2) is 4.79 Å². The number of hydrogen-bond donors (Lipinski definition) is 2. The molecule has 2 rings (SSSR count). The van der Waals surface area contributed by atoms with Crippen LogP contribution in [0.2, 0.25) is 0 Å². The van der Waals surface area contributed by atoms with E-state index in [9.17, 15) is 31.1 Å². The molecule has 0 aliphatic rings. The van der Waals surface area contributed by atoms with Crippen molar-refractivity contribution < 1.29 is 40.6 Å². The Balaban J connectivity index is 1.99. The van der Waals surface area contributed by atoms with Crippen LogP contribution in [-0.2, 0) is 12.4 Å². The summed E-state index contributed by atoms with van der Waals surface area (Å²) in [6.45, 7) is 1.92. The average molecular weight is 422 g/mol. The number of urea groups is 1. The van der Waals surface area contributed by atoms with E-state index in [1.54, 1.807) is 24.3 Å². The Bertz CT molecular complexity index is 803. The van der Waals surface area contributed by atoms with Gasteiger partial charge in [-0.2, -0.15) is 26.3 Å². The molecule has 0 heterocycles. The summed E-state index contributed by atoms with van der Waals surface area (Å²) in [5.74, 6) is 0.975. The van der Waals surface area contributed by atoms with Gasteiger partial charge in [0.2, 0.25) is 0 Å². The van der Waals surface area contributed by atoms with Gasteiger partial charge < -0.3 is 20.1 Å². The molecular formula is C18H16F6N2O3. The lowest BCUT2D eigenvalue weighted by Gasteiger charge is -2.15. The zero-order valence-corrected chi connectivity index (χ0v) is 14.9. The van der Waals surface area contributed by atoms with Gasteiger partial charge in [0.25, 0.3) is 0 Å². The molecule has 29 heavy (non-hydrogen) atoms. The summed E-state index contributed by atoms with van der Waals surface area (Å²) in [4.78, 5) is 11.8. The van der Waals surface area contributed by atoms with E-state index in [0.29, 0.717) is 30.2 Å². The second kappa shape index (κ2) is 8.93. The molecule has 2 aromatic carbocycles. The highest BCUT2D eigenvalue weighted by atomic mass is 19.4. The van der Waals surface area contributed by atoms with Crippen molar-refractivity contribution in [2.45, 2.75) is 19.3 Å². The van der Waals surface area contributed by atoms with Crippen molar-refractivity contribution in [3.05, 3.63) is 53.6 Å². The van der Waals surface area contributed by atoms with Crippen LogP contribution in [-0.4, -0.2) is 19.4 Å². The molecule has 0 aromatic heterocycles. The summed E-state index contributed by atoms with van der Waals surface area (Å²) in [5, 5.41) is 4.10.